The first kappa shape index (κ1) is 15.6. The quantitative estimate of drug-likeness (QED) is 0.856. The molecule has 0 heterocycles. The van der Waals surface area contributed by atoms with Crippen LogP contribution >= 0.6 is 0 Å². The van der Waals surface area contributed by atoms with Gasteiger partial charge in [0.05, 0.1) is 5.92 Å². The molecule has 1 unspecified atom stereocenters. The predicted molar refractivity (Wildman–Crippen MR) is 75.1 cm³/mol. The number of benzene rings is 1. The van der Waals surface area contributed by atoms with Crippen LogP contribution in [0.15, 0.2) is 24.3 Å². The molecule has 1 atom stereocenters. The summed E-state index contributed by atoms with van der Waals surface area (Å²) in [6, 6.07) is 6.65. The minimum absolute atomic E-state index is 0.0360. The van der Waals surface area contributed by atoms with Crippen LogP contribution in [-0.2, 0) is 11.2 Å². The average Bonchev–Trinajstić information content (AvgIpc) is 2.37. The molecule has 0 aliphatic heterocycles. The number of hydrogen-bond acceptors (Lipinski definition) is 2. The summed E-state index contributed by atoms with van der Waals surface area (Å²) in [6.07, 6.45) is 0.518. The van der Waals surface area contributed by atoms with E-state index in [9.17, 15) is 9.18 Å². The first-order chi connectivity index (χ1) is 8.97. The van der Waals surface area contributed by atoms with Crippen LogP contribution in [0.25, 0.3) is 0 Å². The second-order valence-corrected chi connectivity index (χ2v) is 5.19. The van der Waals surface area contributed by atoms with Crippen LogP contribution in [0, 0.1) is 17.7 Å². The summed E-state index contributed by atoms with van der Waals surface area (Å²) < 4.78 is 13.5. The van der Waals surface area contributed by atoms with Crippen LogP contribution in [0.4, 0.5) is 4.39 Å². The molecule has 19 heavy (non-hydrogen) atoms. The van der Waals surface area contributed by atoms with Crippen LogP contribution in [0.3, 0.4) is 0 Å². The largest absolute Gasteiger partial charge is 0.345 e. The number of nitrogens with two attached hydrogens (primary N) is 1. The first-order valence-corrected chi connectivity index (χ1v) is 6.65. The lowest BCUT2D eigenvalue weighted by Gasteiger charge is -2.25. The van der Waals surface area contributed by atoms with Gasteiger partial charge in [-0.25, -0.2) is 4.39 Å². The fourth-order valence-electron chi connectivity index (χ4n) is 2.04. The van der Waals surface area contributed by atoms with E-state index >= 15 is 0 Å². The van der Waals surface area contributed by atoms with Crippen molar-refractivity contribution in [2.24, 2.45) is 17.6 Å². The molecular weight excluding hydrogens is 243 g/mol. The third kappa shape index (κ3) is 4.31. The fraction of sp³-hybridized carbons (Fsp3) is 0.533. The highest BCUT2D eigenvalue weighted by molar-refractivity contribution is 5.79. The molecule has 0 aromatic heterocycles. The molecular formula is C15H23FN2O. The number of likely N-dealkylation sites (N-methyl/N-ethyl adjacent to an activating group) is 1. The fourth-order valence-corrected chi connectivity index (χ4v) is 2.04. The van der Waals surface area contributed by atoms with Crippen molar-refractivity contribution in [2.75, 3.05) is 20.1 Å². The van der Waals surface area contributed by atoms with Gasteiger partial charge in [-0.1, -0.05) is 32.0 Å². The Bertz CT molecular complexity index is 420. The maximum absolute atomic E-state index is 13.5. The number of carbonyl (C=O) groups is 1. The third-order valence-electron chi connectivity index (χ3n) is 3.43. The molecule has 0 spiro atoms. The molecule has 1 amide bonds. The van der Waals surface area contributed by atoms with E-state index in [1.165, 1.54) is 6.07 Å². The normalized spacial score (nSPS) is 12.5. The van der Waals surface area contributed by atoms with Gasteiger partial charge < -0.3 is 10.6 Å². The van der Waals surface area contributed by atoms with Crippen LogP contribution < -0.4 is 5.73 Å². The van der Waals surface area contributed by atoms with E-state index in [2.05, 4.69) is 0 Å². The predicted octanol–water partition coefficient (Wildman–Crippen LogP) is 2.06. The molecule has 0 aliphatic rings. The van der Waals surface area contributed by atoms with Crippen molar-refractivity contribution in [1.29, 1.82) is 0 Å². The zero-order valence-corrected chi connectivity index (χ0v) is 11.9. The molecule has 0 saturated heterocycles. The Labute approximate surface area is 114 Å². The maximum Gasteiger partial charge on any atom is 0.226 e. The maximum atomic E-state index is 13.5. The van der Waals surface area contributed by atoms with E-state index in [1.54, 1.807) is 30.1 Å². The molecule has 0 fully saturated rings. The van der Waals surface area contributed by atoms with E-state index in [0.717, 1.165) is 0 Å². The number of amides is 1. The van der Waals surface area contributed by atoms with Gasteiger partial charge in [0.2, 0.25) is 5.91 Å². The summed E-state index contributed by atoms with van der Waals surface area (Å²) in [5, 5.41) is 0. The van der Waals surface area contributed by atoms with Gasteiger partial charge in [-0.05, 0) is 24.0 Å². The number of halogens is 1. The number of hydrogen-bond donors (Lipinski definition) is 1. The molecule has 1 aromatic carbocycles. The van der Waals surface area contributed by atoms with Crippen molar-refractivity contribution >= 4 is 5.91 Å². The van der Waals surface area contributed by atoms with E-state index in [1.807, 2.05) is 13.8 Å². The molecule has 0 bridgehead atoms. The van der Waals surface area contributed by atoms with Crippen LogP contribution in [0.5, 0.6) is 0 Å². The number of rotatable bonds is 6. The first-order valence-electron chi connectivity index (χ1n) is 6.65. The molecule has 0 radical (unpaired) electrons. The highest BCUT2D eigenvalue weighted by Gasteiger charge is 2.23. The summed E-state index contributed by atoms with van der Waals surface area (Å²) in [7, 11) is 1.74. The van der Waals surface area contributed by atoms with Crippen LogP contribution in [0.1, 0.15) is 19.4 Å². The van der Waals surface area contributed by atoms with Gasteiger partial charge in [0.15, 0.2) is 0 Å². The van der Waals surface area contributed by atoms with Crippen molar-refractivity contribution < 1.29 is 9.18 Å². The van der Waals surface area contributed by atoms with Crippen molar-refractivity contribution in [2.45, 2.75) is 20.3 Å². The molecule has 4 heteroatoms. The Morgan fingerprint density at radius 2 is 2.00 bits per heavy atom. The second kappa shape index (κ2) is 7.24. The highest BCUT2D eigenvalue weighted by atomic mass is 19.1. The van der Waals surface area contributed by atoms with Crippen molar-refractivity contribution in [3.63, 3.8) is 0 Å². The SMILES string of the molecule is CC(C)C(CN)C(=O)N(C)CCc1ccccc1F. The monoisotopic (exact) mass is 266 g/mol. The van der Waals surface area contributed by atoms with E-state index < -0.39 is 0 Å². The van der Waals surface area contributed by atoms with Crippen molar-refractivity contribution in [3.8, 4) is 0 Å². The minimum atomic E-state index is -0.220. The van der Waals surface area contributed by atoms with Crippen LogP contribution in [-0.4, -0.2) is 30.9 Å². The summed E-state index contributed by atoms with van der Waals surface area (Å²) in [5.41, 5.74) is 6.27. The topological polar surface area (TPSA) is 46.3 Å². The molecule has 2 N–H and O–H groups in total. The second-order valence-electron chi connectivity index (χ2n) is 5.19. The number of nitrogens with zero attached hydrogens (tertiary/aromatic N) is 1. The summed E-state index contributed by atoms with van der Waals surface area (Å²) in [5.74, 6) is -0.129. The molecule has 0 saturated carbocycles. The average molecular weight is 266 g/mol. The van der Waals surface area contributed by atoms with Gasteiger partial charge in [-0.2, -0.15) is 0 Å². The Balaban J connectivity index is 2.58. The summed E-state index contributed by atoms with van der Waals surface area (Å²) in [4.78, 5) is 13.8. The third-order valence-corrected chi connectivity index (χ3v) is 3.43. The Morgan fingerprint density at radius 1 is 1.37 bits per heavy atom. The summed E-state index contributed by atoms with van der Waals surface area (Å²) >= 11 is 0. The van der Waals surface area contributed by atoms with Crippen molar-refractivity contribution in [3.05, 3.63) is 35.6 Å². The molecule has 1 aromatic rings. The zero-order valence-electron chi connectivity index (χ0n) is 11.9. The Kier molecular flexibility index (Phi) is 5.96. The Hall–Kier alpha value is -1.42. The minimum Gasteiger partial charge on any atom is -0.345 e. The van der Waals surface area contributed by atoms with Crippen LogP contribution in [0.2, 0.25) is 0 Å². The highest BCUT2D eigenvalue weighted by Crippen LogP contribution is 2.13. The smallest absolute Gasteiger partial charge is 0.226 e. The van der Waals surface area contributed by atoms with Gasteiger partial charge in [-0.3, -0.25) is 4.79 Å². The summed E-state index contributed by atoms with van der Waals surface area (Å²) in [6.45, 7) is 4.82. The van der Waals surface area contributed by atoms with Gasteiger partial charge >= 0.3 is 0 Å². The van der Waals surface area contributed by atoms with E-state index in [4.69, 9.17) is 5.73 Å². The molecule has 3 nitrogen and oxygen atoms in total. The van der Waals surface area contributed by atoms with Gasteiger partial charge in [-0.15, -0.1) is 0 Å². The van der Waals surface area contributed by atoms with E-state index in [0.29, 0.717) is 25.1 Å². The number of carbonyl (C=O) groups excluding carboxylic acids is 1. The van der Waals surface area contributed by atoms with Crippen molar-refractivity contribution in [1.82, 2.24) is 4.90 Å². The van der Waals surface area contributed by atoms with Gasteiger partial charge in [0.25, 0.3) is 0 Å². The molecule has 1 rings (SSSR count). The lowest BCUT2D eigenvalue weighted by Crippen LogP contribution is -2.40. The standard InChI is InChI=1S/C15H23FN2O/c1-11(2)13(10-17)15(19)18(3)9-8-12-6-4-5-7-14(12)16/h4-7,11,13H,8-10,17H2,1-3H3. The lowest BCUT2D eigenvalue weighted by atomic mass is 9.94. The van der Waals surface area contributed by atoms with Gasteiger partial charge in [0, 0.05) is 20.1 Å². The van der Waals surface area contributed by atoms with Gasteiger partial charge in [0.1, 0.15) is 5.82 Å². The lowest BCUT2D eigenvalue weighted by molar-refractivity contribution is -0.135. The molecule has 106 valence electrons. The van der Waals surface area contributed by atoms with E-state index in [-0.39, 0.29) is 23.6 Å². The zero-order chi connectivity index (χ0) is 14.4. The molecule has 0 aliphatic carbocycles. The Morgan fingerprint density at radius 3 is 2.53 bits per heavy atom.